The van der Waals surface area contributed by atoms with Crippen molar-refractivity contribution in [3.05, 3.63) is 28.2 Å². The number of carbonyl (C=O) groups is 1. The first-order valence-electron chi connectivity index (χ1n) is 5.17. The van der Waals surface area contributed by atoms with Gasteiger partial charge in [-0.3, -0.25) is 4.79 Å². The Morgan fingerprint density at radius 3 is 2.73 bits per heavy atom. The molecule has 80 valence electrons. The predicted molar refractivity (Wildman–Crippen MR) is 65.0 cm³/mol. The second-order valence-electron chi connectivity index (χ2n) is 4.11. The molecule has 1 aromatic rings. The van der Waals surface area contributed by atoms with Crippen LogP contribution < -0.4 is 4.90 Å². The fraction of sp³-hybridized carbons (Fsp3) is 0.417. The summed E-state index contributed by atoms with van der Waals surface area (Å²) in [6.07, 6.45) is 0.966. The van der Waals surface area contributed by atoms with Crippen LogP contribution in [0.4, 0.5) is 5.69 Å². The summed E-state index contributed by atoms with van der Waals surface area (Å²) in [6, 6.07) is 6.05. The molecule has 0 N–H and O–H groups in total. The van der Waals surface area contributed by atoms with Crippen molar-refractivity contribution in [2.24, 2.45) is 5.92 Å². The fourth-order valence-electron chi connectivity index (χ4n) is 1.88. The second kappa shape index (κ2) is 3.97. The Labute approximate surface area is 98.4 Å². The lowest BCUT2D eigenvalue weighted by Crippen LogP contribution is -2.26. The van der Waals surface area contributed by atoms with E-state index in [-0.39, 0.29) is 11.8 Å². The molecule has 2 nitrogen and oxygen atoms in total. The summed E-state index contributed by atoms with van der Waals surface area (Å²) in [5, 5.41) is 0. The van der Waals surface area contributed by atoms with Crippen molar-refractivity contribution in [3.8, 4) is 0 Å². The minimum Gasteiger partial charge on any atom is -0.312 e. The topological polar surface area (TPSA) is 20.3 Å². The molecule has 0 bridgehead atoms. The SMILES string of the molecule is Cc1cc(N2CCC(C)C2=O)ccc1Br. The van der Waals surface area contributed by atoms with Crippen LogP contribution in [0.5, 0.6) is 0 Å². The van der Waals surface area contributed by atoms with Gasteiger partial charge >= 0.3 is 0 Å². The van der Waals surface area contributed by atoms with Crippen molar-refractivity contribution < 1.29 is 4.79 Å². The average molecular weight is 268 g/mol. The zero-order valence-corrected chi connectivity index (χ0v) is 10.5. The normalized spacial score (nSPS) is 21.1. The lowest BCUT2D eigenvalue weighted by atomic mass is 10.1. The first kappa shape index (κ1) is 10.7. The molecule has 1 aliphatic rings. The number of hydrogen-bond acceptors (Lipinski definition) is 1. The van der Waals surface area contributed by atoms with Crippen LogP contribution in [0.15, 0.2) is 22.7 Å². The third-order valence-corrected chi connectivity index (χ3v) is 3.82. The number of benzene rings is 1. The predicted octanol–water partition coefficient (Wildman–Crippen LogP) is 3.13. The minimum absolute atomic E-state index is 0.175. The summed E-state index contributed by atoms with van der Waals surface area (Å²) in [5.41, 5.74) is 2.19. The molecule has 1 aromatic carbocycles. The van der Waals surface area contributed by atoms with Crippen molar-refractivity contribution in [1.29, 1.82) is 0 Å². The smallest absolute Gasteiger partial charge is 0.229 e. The molecule has 1 aliphatic heterocycles. The minimum atomic E-state index is 0.175. The van der Waals surface area contributed by atoms with Crippen LogP contribution in [0, 0.1) is 12.8 Å². The van der Waals surface area contributed by atoms with E-state index in [4.69, 9.17) is 0 Å². The molecule has 2 rings (SSSR count). The summed E-state index contributed by atoms with van der Waals surface area (Å²) < 4.78 is 1.09. The Morgan fingerprint density at radius 1 is 1.47 bits per heavy atom. The van der Waals surface area contributed by atoms with E-state index in [1.807, 2.05) is 30.9 Å². The molecule has 0 aliphatic carbocycles. The molecule has 0 aromatic heterocycles. The van der Waals surface area contributed by atoms with Gasteiger partial charge in [0, 0.05) is 22.6 Å². The summed E-state index contributed by atoms with van der Waals surface area (Å²) in [5.74, 6) is 0.422. The molecule has 15 heavy (non-hydrogen) atoms. The Hall–Kier alpha value is -0.830. The van der Waals surface area contributed by atoms with Gasteiger partial charge in [0.05, 0.1) is 0 Å². The van der Waals surface area contributed by atoms with Crippen molar-refractivity contribution >= 4 is 27.5 Å². The summed E-state index contributed by atoms with van der Waals surface area (Å²) in [7, 11) is 0. The number of nitrogens with zero attached hydrogens (tertiary/aromatic N) is 1. The van der Waals surface area contributed by atoms with Crippen LogP contribution in [0.25, 0.3) is 0 Å². The standard InChI is InChI=1S/C12H14BrNO/c1-8-5-6-14(12(8)15)10-3-4-11(13)9(2)7-10/h3-4,7-8H,5-6H2,1-2H3. The third kappa shape index (κ3) is 1.93. The second-order valence-corrected chi connectivity index (χ2v) is 4.97. The Kier molecular flexibility index (Phi) is 2.83. The summed E-state index contributed by atoms with van der Waals surface area (Å²) >= 11 is 3.46. The lowest BCUT2D eigenvalue weighted by molar-refractivity contribution is -0.119. The van der Waals surface area contributed by atoms with Gasteiger partial charge in [0.25, 0.3) is 0 Å². The molecule has 1 saturated heterocycles. The van der Waals surface area contributed by atoms with Gasteiger partial charge in [-0.15, -0.1) is 0 Å². The average Bonchev–Trinajstić information content (AvgIpc) is 2.53. The molecule has 1 fully saturated rings. The van der Waals surface area contributed by atoms with Crippen molar-refractivity contribution in [2.75, 3.05) is 11.4 Å². The Morgan fingerprint density at radius 2 is 2.20 bits per heavy atom. The van der Waals surface area contributed by atoms with Gasteiger partial charge < -0.3 is 4.90 Å². The van der Waals surface area contributed by atoms with Crippen LogP contribution in [0.2, 0.25) is 0 Å². The number of aryl methyl sites for hydroxylation is 1. The van der Waals surface area contributed by atoms with Gasteiger partial charge in [0.2, 0.25) is 5.91 Å². The highest BCUT2D eigenvalue weighted by molar-refractivity contribution is 9.10. The number of anilines is 1. The van der Waals surface area contributed by atoms with E-state index < -0.39 is 0 Å². The zero-order chi connectivity index (χ0) is 11.0. The highest BCUT2D eigenvalue weighted by Gasteiger charge is 2.28. The summed E-state index contributed by atoms with van der Waals surface area (Å²) in [4.78, 5) is 13.7. The van der Waals surface area contributed by atoms with Gasteiger partial charge in [-0.1, -0.05) is 22.9 Å². The molecule has 3 heteroatoms. The van der Waals surface area contributed by atoms with Crippen molar-refractivity contribution in [2.45, 2.75) is 20.3 Å². The highest BCUT2D eigenvalue weighted by Crippen LogP contribution is 2.28. The van der Waals surface area contributed by atoms with Crippen LogP contribution in [-0.2, 0) is 4.79 Å². The van der Waals surface area contributed by atoms with E-state index in [0.717, 1.165) is 23.1 Å². The van der Waals surface area contributed by atoms with Gasteiger partial charge in [0.1, 0.15) is 0 Å². The molecule has 1 heterocycles. The van der Waals surface area contributed by atoms with Gasteiger partial charge in [-0.05, 0) is 37.1 Å². The number of halogens is 1. The van der Waals surface area contributed by atoms with Gasteiger partial charge in [-0.25, -0.2) is 0 Å². The van der Waals surface area contributed by atoms with E-state index in [1.165, 1.54) is 5.56 Å². The zero-order valence-electron chi connectivity index (χ0n) is 8.96. The summed E-state index contributed by atoms with van der Waals surface area (Å²) in [6.45, 7) is 4.88. The van der Waals surface area contributed by atoms with Crippen LogP contribution in [0.3, 0.4) is 0 Å². The van der Waals surface area contributed by atoms with Crippen LogP contribution in [0.1, 0.15) is 18.9 Å². The van der Waals surface area contributed by atoms with E-state index in [9.17, 15) is 4.79 Å². The van der Waals surface area contributed by atoms with E-state index >= 15 is 0 Å². The first-order valence-corrected chi connectivity index (χ1v) is 5.96. The lowest BCUT2D eigenvalue weighted by Gasteiger charge is -2.17. The maximum Gasteiger partial charge on any atom is 0.229 e. The molecule has 1 amide bonds. The van der Waals surface area contributed by atoms with E-state index in [0.29, 0.717) is 0 Å². The maximum absolute atomic E-state index is 11.8. The quantitative estimate of drug-likeness (QED) is 0.766. The monoisotopic (exact) mass is 267 g/mol. The van der Waals surface area contributed by atoms with Crippen molar-refractivity contribution in [1.82, 2.24) is 0 Å². The van der Waals surface area contributed by atoms with Gasteiger partial charge in [0.15, 0.2) is 0 Å². The largest absolute Gasteiger partial charge is 0.312 e. The molecular weight excluding hydrogens is 254 g/mol. The molecule has 0 spiro atoms. The number of carbonyl (C=O) groups excluding carboxylic acids is 1. The molecular formula is C12H14BrNO. The fourth-order valence-corrected chi connectivity index (χ4v) is 2.12. The highest BCUT2D eigenvalue weighted by atomic mass is 79.9. The molecule has 1 unspecified atom stereocenters. The number of amides is 1. The Balaban J connectivity index is 2.31. The first-order chi connectivity index (χ1) is 7.09. The van der Waals surface area contributed by atoms with Crippen LogP contribution in [-0.4, -0.2) is 12.5 Å². The van der Waals surface area contributed by atoms with Gasteiger partial charge in [-0.2, -0.15) is 0 Å². The van der Waals surface area contributed by atoms with Crippen molar-refractivity contribution in [3.63, 3.8) is 0 Å². The molecule has 1 atom stereocenters. The molecule has 0 saturated carbocycles. The molecule has 0 radical (unpaired) electrons. The number of rotatable bonds is 1. The maximum atomic E-state index is 11.8. The van der Waals surface area contributed by atoms with Crippen LogP contribution >= 0.6 is 15.9 Å². The third-order valence-electron chi connectivity index (χ3n) is 2.93. The number of hydrogen-bond donors (Lipinski definition) is 0. The Bertz CT molecular complexity index is 403. The van der Waals surface area contributed by atoms with E-state index in [2.05, 4.69) is 22.0 Å². The van der Waals surface area contributed by atoms with E-state index in [1.54, 1.807) is 0 Å².